The highest BCUT2D eigenvalue weighted by Gasteiger charge is 2.12. The predicted molar refractivity (Wildman–Crippen MR) is 101 cm³/mol. The average molecular weight is 343 g/mol. The molecule has 0 aliphatic rings. The second-order valence-corrected chi connectivity index (χ2v) is 6.13. The number of rotatable bonds is 3. The van der Waals surface area contributed by atoms with Gasteiger partial charge in [0.2, 0.25) is 5.95 Å². The van der Waals surface area contributed by atoms with Crippen LogP contribution in [-0.2, 0) is 0 Å². The second kappa shape index (κ2) is 6.07. The van der Waals surface area contributed by atoms with Crippen LogP contribution < -0.4 is 5.73 Å². The van der Waals surface area contributed by atoms with Crippen molar-refractivity contribution < 1.29 is 4.79 Å². The standard InChI is InChI=1S/C20H17N5O/c1-12(26)14-6-7-19-18(9-14)24-13(2)25(19)17-5-3-4-15(8-17)16-10-22-20(21)23-11-16/h3-11H,1-2H3,(H2,21,22,23). The van der Waals surface area contributed by atoms with Gasteiger partial charge < -0.3 is 5.73 Å². The summed E-state index contributed by atoms with van der Waals surface area (Å²) in [5.41, 5.74) is 10.9. The molecule has 0 atom stereocenters. The summed E-state index contributed by atoms with van der Waals surface area (Å²) in [4.78, 5) is 24.4. The maximum absolute atomic E-state index is 11.6. The lowest BCUT2D eigenvalue weighted by atomic mass is 10.1. The molecule has 0 saturated carbocycles. The number of ketones is 1. The fourth-order valence-electron chi connectivity index (χ4n) is 3.06. The molecule has 4 aromatic rings. The van der Waals surface area contributed by atoms with E-state index in [2.05, 4.69) is 25.6 Å². The molecule has 6 heteroatoms. The summed E-state index contributed by atoms with van der Waals surface area (Å²) in [5, 5.41) is 0. The number of Topliss-reactive ketones (excluding diaryl/α,β-unsaturated/α-hetero) is 1. The first-order chi connectivity index (χ1) is 12.5. The molecule has 0 amide bonds. The Balaban J connectivity index is 1.85. The minimum absolute atomic E-state index is 0.0319. The second-order valence-electron chi connectivity index (χ2n) is 6.13. The van der Waals surface area contributed by atoms with Crippen LogP contribution in [0.1, 0.15) is 23.1 Å². The number of nitrogen functional groups attached to an aromatic ring is 1. The van der Waals surface area contributed by atoms with Crippen LogP contribution >= 0.6 is 0 Å². The number of anilines is 1. The molecule has 4 rings (SSSR count). The molecule has 0 fully saturated rings. The summed E-state index contributed by atoms with van der Waals surface area (Å²) in [6, 6.07) is 13.7. The van der Waals surface area contributed by atoms with Crippen LogP contribution in [0.2, 0.25) is 0 Å². The monoisotopic (exact) mass is 343 g/mol. The van der Waals surface area contributed by atoms with Gasteiger partial charge >= 0.3 is 0 Å². The number of benzene rings is 2. The third-order valence-corrected chi connectivity index (χ3v) is 4.34. The van der Waals surface area contributed by atoms with E-state index < -0.39 is 0 Å². The Morgan fingerprint density at radius 3 is 2.54 bits per heavy atom. The number of carbonyl (C=O) groups is 1. The summed E-state index contributed by atoms with van der Waals surface area (Å²) in [6.45, 7) is 3.51. The Morgan fingerprint density at radius 1 is 1.04 bits per heavy atom. The number of hydrogen-bond acceptors (Lipinski definition) is 5. The van der Waals surface area contributed by atoms with Crippen LogP contribution in [0.5, 0.6) is 0 Å². The van der Waals surface area contributed by atoms with Gasteiger partial charge in [0.1, 0.15) is 5.82 Å². The van der Waals surface area contributed by atoms with Crippen LogP contribution in [0.25, 0.3) is 27.8 Å². The lowest BCUT2D eigenvalue weighted by Crippen LogP contribution is -1.98. The third kappa shape index (κ3) is 2.71. The van der Waals surface area contributed by atoms with Crippen molar-refractivity contribution in [1.82, 2.24) is 19.5 Å². The Morgan fingerprint density at radius 2 is 1.81 bits per heavy atom. The van der Waals surface area contributed by atoms with Gasteiger partial charge in [-0.15, -0.1) is 0 Å². The van der Waals surface area contributed by atoms with Gasteiger partial charge in [-0.25, -0.2) is 15.0 Å². The number of aromatic nitrogens is 4. The summed E-state index contributed by atoms with van der Waals surface area (Å²) in [5.74, 6) is 1.14. The van der Waals surface area contributed by atoms with Gasteiger partial charge in [-0.05, 0) is 49.7 Å². The van der Waals surface area contributed by atoms with Crippen LogP contribution in [0.15, 0.2) is 54.9 Å². The Labute approximate surface area is 150 Å². The van der Waals surface area contributed by atoms with E-state index in [4.69, 9.17) is 5.73 Å². The van der Waals surface area contributed by atoms with Crippen molar-refractivity contribution in [3.63, 3.8) is 0 Å². The first-order valence-electron chi connectivity index (χ1n) is 8.21. The highest BCUT2D eigenvalue weighted by Crippen LogP contribution is 2.26. The molecule has 6 nitrogen and oxygen atoms in total. The van der Waals surface area contributed by atoms with E-state index in [1.54, 1.807) is 19.3 Å². The average Bonchev–Trinajstić information content (AvgIpc) is 2.97. The summed E-state index contributed by atoms with van der Waals surface area (Å²) in [7, 11) is 0. The van der Waals surface area contributed by atoms with Crippen LogP contribution in [0.3, 0.4) is 0 Å². The molecule has 2 aromatic heterocycles. The zero-order valence-corrected chi connectivity index (χ0v) is 14.5. The number of fused-ring (bicyclic) bond motifs is 1. The lowest BCUT2D eigenvalue weighted by Gasteiger charge is -2.09. The molecule has 0 radical (unpaired) electrons. The van der Waals surface area contributed by atoms with Crippen LogP contribution in [-0.4, -0.2) is 25.3 Å². The molecule has 0 aliphatic carbocycles. The minimum atomic E-state index is 0.0319. The minimum Gasteiger partial charge on any atom is -0.368 e. The predicted octanol–water partition coefficient (Wildman–Crippen LogP) is 3.58. The summed E-state index contributed by atoms with van der Waals surface area (Å²) < 4.78 is 2.07. The van der Waals surface area contributed by atoms with Crippen molar-refractivity contribution >= 4 is 22.8 Å². The highest BCUT2D eigenvalue weighted by molar-refractivity contribution is 5.97. The van der Waals surface area contributed by atoms with E-state index in [9.17, 15) is 4.79 Å². The number of carbonyl (C=O) groups excluding carboxylic acids is 1. The summed E-state index contributed by atoms with van der Waals surface area (Å²) in [6.07, 6.45) is 3.42. The maximum atomic E-state index is 11.6. The van der Waals surface area contributed by atoms with Crippen LogP contribution in [0, 0.1) is 6.92 Å². The van der Waals surface area contributed by atoms with Crippen molar-refractivity contribution in [2.45, 2.75) is 13.8 Å². The van der Waals surface area contributed by atoms with Gasteiger partial charge in [0.05, 0.1) is 11.0 Å². The number of nitrogens with two attached hydrogens (primary N) is 1. The van der Waals surface area contributed by atoms with Crippen molar-refractivity contribution in [3.05, 3.63) is 66.2 Å². The van der Waals surface area contributed by atoms with Gasteiger partial charge in [-0.3, -0.25) is 9.36 Å². The highest BCUT2D eigenvalue weighted by atomic mass is 16.1. The van der Waals surface area contributed by atoms with Gasteiger partial charge in [0, 0.05) is 29.2 Å². The van der Waals surface area contributed by atoms with Gasteiger partial charge in [-0.1, -0.05) is 12.1 Å². The number of imidazole rings is 1. The van der Waals surface area contributed by atoms with Crippen molar-refractivity contribution in [2.75, 3.05) is 5.73 Å². The Bertz CT molecular complexity index is 1130. The smallest absolute Gasteiger partial charge is 0.219 e. The number of aryl methyl sites for hydroxylation is 1. The zero-order valence-electron chi connectivity index (χ0n) is 14.5. The maximum Gasteiger partial charge on any atom is 0.219 e. The molecule has 2 N–H and O–H groups in total. The molecular weight excluding hydrogens is 326 g/mol. The molecule has 2 heterocycles. The molecule has 0 saturated heterocycles. The van der Waals surface area contributed by atoms with Crippen LogP contribution in [0.4, 0.5) is 5.95 Å². The summed E-state index contributed by atoms with van der Waals surface area (Å²) >= 11 is 0. The van der Waals surface area contributed by atoms with E-state index in [1.807, 2.05) is 43.3 Å². The Hall–Kier alpha value is -3.54. The lowest BCUT2D eigenvalue weighted by molar-refractivity contribution is 0.101. The molecule has 128 valence electrons. The van der Waals surface area contributed by atoms with Crippen molar-refractivity contribution in [1.29, 1.82) is 0 Å². The van der Waals surface area contributed by atoms with Gasteiger partial charge in [0.15, 0.2) is 5.78 Å². The normalized spacial score (nSPS) is 11.0. The molecule has 0 unspecified atom stereocenters. The quantitative estimate of drug-likeness (QED) is 0.575. The van der Waals surface area contributed by atoms with Gasteiger partial charge in [0.25, 0.3) is 0 Å². The topological polar surface area (TPSA) is 86.7 Å². The Kier molecular flexibility index (Phi) is 3.73. The zero-order chi connectivity index (χ0) is 18.3. The van der Waals surface area contributed by atoms with E-state index in [-0.39, 0.29) is 11.7 Å². The molecular formula is C20H17N5O. The SMILES string of the molecule is CC(=O)c1ccc2c(c1)nc(C)n2-c1cccc(-c2cnc(N)nc2)c1. The van der Waals surface area contributed by atoms with E-state index in [1.165, 1.54) is 0 Å². The number of hydrogen-bond donors (Lipinski definition) is 1. The van der Waals surface area contributed by atoms with E-state index >= 15 is 0 Å². The van der Waals surface area contributed by atoms with E-state index in [0.29, 0.717) is 5.56 Å². The first-order valence-corrected chi connectivity index (χ1v) is 8.21. The third-order valence-electron chi connectivity index (χ3n) is 4.34. The largest absolute Gasteiger partial charge is 0.368 e. The fourth-order valence-corrected chi connectivity index (χ4v) is 3.06. The van der Waals surface area contributed by atoms with Crippen molar-refractivity contribution in [3.8, 4) is 16.8 Å². The fraction of sp³-hybridized carbons (Fsp3) is 0.100. The number of nitrogens with zero attached hydrogens (tertiary/aromatic N) is 4. The van der Waals surface area contributed by atoms with Crippen molar-refractivity contribution in [2.24, 2.45) is 0 Å². The molecule has 2 aromatic carbocycles. The molecule has 0 aliphatic heterocycles. The van der Waals surface area contributed by atoms with Gasteiger partial charge in [-0.2, -0.15) is 0 Å². The first kappa shape index (κ1) is 16.0. The molecule has 26 heavy (non-hydrogen) atoms. The van der Waals surface area contributed by atoms with E-state index in [0.717, 1.165) is 33.7 Å². The molecule has 0 bridgehead atoms. The molecule has 0 spiro atoms.